The summed E-state index contributed by atoms with van der Waals surface area (Å²) in [5.41, 5.74) is 1.82. The Labute approximate surface area is 190 Å². The smallest absolute Gasteiger partial charge is 0.321 e. The van der Waals surface area contributed by atoms with Gasteiger partial charge < -0.3 is 10.6 Å². The number of nitrogens with zero attached hydrogens (tertiary/aromatic N) is 3. The van der Waals surface area contributed by atoms with Crippen LogP contribution in [0.3, 0.4) is 0 Å². The Bertz CT molecular complexity index is 1220. The molecule has 1 atom stereocenters. The molecule has 2 N–H and O–H groups in total. The number of hydrogen-bond donors (Lipinski definition) is 2. The van der Waals surface area contributed by atoms with E-state index in [0.717, 1.165) is 16.3 Å². The lowest BCUT2D eigenvalue weighted by Gasteiger charge is -2.25. The van der Waals surface area contributed by atoms with E-state index >= 15 is 0 Å². The summed E-state index contributed by atoms with van der Waals surface area (Å²) in [6.45, 7) is 4.89. The molecule has 0 radical (unpaired) electrons. The number of imide groups is 1. The van der Waals surface area contributed by atoms with E-state index in [1.807, 2.05) is 37.3 Å². The molecule has 0 spiro atoms. The number of carbonyl (C=O) groups excluding carboxylic acids is 3. The van der Waals surface area contributed by atoms with Gasteiger partial charge in [0.25, 0.3) is 5.91 Å². The van der Waals surface area contributed by atoms with Crippen LogP contribution in [0.15, 0.2) is 54.6 Å². The first-order valence-electron chi connectivity index (χ1n) is 10.6. The van der Waals surface area contributed by atoms with Crippen molar-refractivity contribution in [3.05, 3.63) is 77.4 Å². The summed E-state index contributed by atoms with van der Waals surface area (Å²) in [6, 6.07) is 14.2. The van der Waals surface area contributed by atoms with Gasteiger partial charge >= 0.3 is 6.03 Å². The molecule has 1 saturated heterocycles. The van der Waals surface area contributed by atoms with Gasteiger partial charge in [-0.2, -0.15) is 5.10 Å². The first-order valence-corrected chi connectivity index (χ1v) is 10.6. The van der Waals surface area contributed by atoms with Crippen molar-refractivity contribution in [1.82, 2.24) is 20.0 Å². The summed E-state index contributed by atoms with van der Waals surface area (Å²) >= 11 is 0. The zero-order valence-electron chi connectivity index (χ0n) is 18.6. The van der Waals surface area contributed by atoms with Crippen LogP contribution in [0.4, 0.5) is 14.9 Å². The second-order valence-corrected chi connectivity index (χ2v) is 7.93. The standard InChI is InChI=1S/C24H24FN5O3/c1-4-24(17-10-12-18(25)13-11-17)22(32)29(23(33)27-24)14-20(31)26-21-15(2)28-30(16(21)3)19-8-6-5-7-9-19/h5-13H,4,14H2,1-3H3,(H,26,31)(H,27,33). The van der Waals surface area contributed by atoms with Crippen molar-refractivity contribution < 1.29 is 18.8 Å². The van der Waals surface area contributed by atoms with Gasteiger partial charge in [-0.3, -0.25) is 14.5 Å². The first kappa shape index (κ1) is 22.2. The molecule has 33 heavy (non-hydrogen) atoms. The lowest BCUT2D eigenvalue weighted by Crippen LogP contribution is -2.44. The van der Waals surface area contributed by atoms with Crippen molar-refractivity contribution in [3.8, 4) is 5.69 Å². The predicted molar refractivity (Wildman–Crippen MR) is 120 cm³/mol. The Morgan fingerprint density at radius 3 is 2.39 bits per heavy atom. The Morgan fingerprint density at radius 1 is 1.09 bits per heavy atom. The minimum Gasteiger partial charge on any atom is -0.321 e. The average Bonchev–Trinajstić information content (AvgIpc) is 3.23. The van der Waals surface area contributed by atoms with Gasteiger partial charge in [0.1, 0.15) is 17.9 Å². The highest BCUT2D eigenvalue weighted by atomic mass is 19.1. The van der Waals surface area contributed by atoms with Crippen LogP contribution < -0.4 is 10.6 Å². The van der Waals surface area contributed by atoms with E-state index in [9.17, 15) is 18.8 Å². The van der Waals surface area contributed by atoms with Crippen molar-refractivity contribution >= 4 is 23.5 Å². The number of halogens is 1. The summed E-state index contributed by atoms with van der Waals surface area (Å²) in [4.78, 5) is 39.6. The minimum atomic E-state index is -1.34. The Hall–Kier alpha value is -4.01. The number of aryl methyl sites for hydroxylation is 1. The molecule has 1 fully saturated rings. The highest BCUT2D eigenvalue weighted by molar-refractivity contribution is 6.10. The first-order chi connectivity index (χ1) is 15.8. The summed E-state index contributed by atoms with van der Waals surface area (Å²) in [5.74, 6) is -1.52. The van der Waals surface area contributed by atoms with Crippen LogP contribution in [0.25, 0.3) is 5.69 Å². The average molecular weight is 449 g/mol. The zero-order valence-corrected chi connectivity index (χ0v) is 18.6. The van der Waals surface area contributed by atoms with Crippen molar-refractivity contribution in [3.63, 3.8) is 0 Å². The van der Waals surface area contributed by atoms with Crippen LogP contribution in [-0.4, -0.2) is 39.1 Å². The highest BCUT2D eigenvalue weighted by Gasteiger charge is 2.51. The fourth-order valence-corrected chi connectivity index (χ4v) is 4.11. The molecular formula is C24H24FN5O3. The second-order valence-electron chi connectivity index (χ2n) is 7.93. The topological polar surface area (TPSA) is 96.3 Å². The summed E-state index contributed by atoms with van der Waals surface area (Å²) in [7, 11) is 0. The number of benzene rings is 2. The molecule has 8 nitrogen and oxygen atoms in total. The molecule has 0 aliphatic carbocycles. The number of para-hydroxylation sites is 1. The molecule has 2 aromatic carbocycles. The van der Waals surface area contributed by atoms with Gasteiger partial charge in [-0.05, 0) is 50.1 Å². The third kappa shape index (κ3) is 3.86. The molecule has 1 aromatic heterocycles. The molecular weight excluding hydrogens is 425 g/mol. The maximum atomic E-state index is 13.4. The van der Waals surface area contributed by atoms with Crippen LogP contribution in [0, 0.1) is 19.7 Å². The zero-order chi connectivity index (χ0) is 23.8. The molecule has 4 rings (SSSR count). The normalized spacial score (nSPS) is 17.9. The summed E-state index contributed by atoms with van der Waals surface area (Å²) in [5, 5.41) is 9.96. The van der Waals surface area contributed by atoms with Crippen molar-refractivity contribution in [2.24, 2.45) is 0 Å². The second kappa shape index (κ2) is 8.50. The fourth-order valence-electron chi connectivity index (χ4n) is 4.11. The van der Waals surface area contributed by atoms with Crippen molar-refractivity contribution in [1.29, 1.82) is 0 Å². The lowest BCUT2D eigenvalue weighted by atomic mass is 9.87. The van der Waals surface area contributed by atoms with E-state index in [-0.39, 0.29) is 6.42 Å². The molecule has 4 amide bonds. The molecule has 170 valence electrons. The lowest BCUT2D eigenvalue weighted by molar-refractivity contribution is -0.134. The van der Waals surface area contributed by atoms with Gasteiger partial charge in [0, 0.05) is 0 Å². The van der Waals surface area contributed by atoms with Crippen LogP contribution >= 0.6 is 0 Å². The van der Waals surface area contributed by atoms with Gasteiger partial charge in [0.05, 0.1) is 22.8 Å². The highest BCUT2D eigenvalue weighted by Crippen LogP contribution is 2.32. The predicted octanol–water partition coefficient (Wildman–Crippen LogP) is 3.42. The van der Waals surface area contributed by atoms with E-state index in [4.69, 9.17) is 0 Å². The van der Waals surface area contributed by atoms with E-state index in [1.165, 1.54) is 24.3 Å². The van der Waals surface area contributed by atoms with E-state index in [0.29, 0.717) is 16.9 Å². The number of aromatic nitrogens is 2. The third-order valence-electron chi connectivity index (χ3n) is 5.90. The molecule has 3 aromatic rings. The molecule has 9 heteroatoms. The largest absolute Gasteiger partial charge is 0.325 e. The molecule has 2 heterocycles. The quantitative estimate of drug-likeness (QED) is 0.564. The number of anilines is 1. The Balaban J connectivity index is 1.54. The van der Waals surface area contributed by atoms with Crippen LogP contribution in [0.2, 0.25) is 0 Å². The van der Waals surface area contributed by atoms with E-state index in [1.54, 1.807) is 18.5 Å². The molecule has 0 saturated carbocycles. The minimum absolute atomic E-state index is 0.253. The molecule has 1 unspecified atom stereocenters. The number of carbonyl (C=O) groups is 3. The summed E-state index contributed by atoms with van der Waals surface area (Å²) < 4.78 is 15.1. The number of hydrogen-bond acceptors (Lipinski definition) is 4. The van der Waals surface area contributed by atoms with Gasteiger partial charge in [-0.25, -0.2) is 13.9 Å². The fraction of sp³-hybridized carbons (Fsp3) is 0.250. The van der Waals surface area contributed by atoms with Crippen molar-refractivity contribution in [2.75, 3.05) is 11.9 Å². The van der Waals surface area contributed by atoms with E-state index in [2.05, 4.69) is 15.7 Å². The van der Waals surface area contributed by atoms with Gasteiger partial charge in [-0.1, -0.05) is 37.3 Å². The number of urea groups is 1. The number of nitrogens with one attached hydrogen (secondary N) is 2. The maximum Gasteiger partial charge on any atom is 0.325 e. The maximum absolute atomic E-state index is 13.4. The third-order valence-corrected chi connectivity index (χ3v) is 5.90. The SMILES string of the molecule is CCC1(c2ccc(F)cc2)NC(=O)N(CC(=O)Nc2c(C)nn(-c3ccccc3)c2C)C1=O. The Morgan fingerprint density at radius 2 is 1.76 bits per heavy atom. The Kier molecular flexibility index (Phi) is 5.71. The molecule has 1 aliphatic heterocycles. The van der Waals surface area contributed by atoms with E-state index < -0.39 is 35.7 Å². The van der Waals surface area contributed by atoms with Crippen LogP contribution in [0.1, 0.15) is 30.3 Å². The molecule has 0 bridgehead atoms. The molecule has 1 aliphatic rings. The van der Waals surface area contributed by atoms with Crippen LogP contribution in [-0.2, 0) is 15.1 Å². The van der Waals surface area contributed by atoms with Crippen LogP contribution in [0.5, 0.6) is 0 Å². The van der Waals surface area contributed by atoms with Gasteiger partial charge in [0.2, 0.25) is 5.91 Å². The van der Waals surface area contributed by atoms with Gasteiger partial charge in [-0.15, -0.1) is 0 Å². The monoisotopic (exact) mass is 449 g/mol. The number of amides is 4. The van der Waals surface area contributed by atoms with Gasteiger partial charge in [0.15, 0.2) is 0 Å². The summed E-state index contributed by atoms with van der Waals surface area (Å²) in [6.07, 6.45) is 0.253. The van der Waals surface area contributed by atoms with Crippen molar-refractivity contribution in [2.45, 2.75) is 32.7 Å². The number of rotatable bonds is 6.